The SMILES string of the molecule is CC(=O)N[C@@H]1[C@@H](O)[C@H](O)[C@@H](CO)O[C@@H]1CP(=O)(O)OP(=O)(O)OC/C=C(/C)CC/C=C(/C)CC/C=C(/CN)CCCC(C)C. The molecule has 15 heteroatoms. The van der Waals surface area contributed by atoms with Gasteiger partial charge >= 0.3 is 15.4 Å². The molecule has 7 atom stereocenters. The lowest BCUT2D eigenvalue weighted by molar-refractivity contribution is -0.190. The van der Waals surface area contributed by atoms with Crippen LogP contribution in [0.5, 0.6) is 0 Å². The van der Waals surface area contributed by atoms with Gasteiger partial charge in [0.05, 0.1) is 31.5 Å². The number of hydrogen-bond acceptors (Lipinski definition) is 10. The minimum absolute atomic E-state index is 0.349. The minimum atomic E-state index is -5.00. The summed E-state index contributed by atoms with van der Waals surface area (Å²) in [6, 6.07) is -1.35. The van der Waals surface area contributed by atoms with Crippen molar-refractivity contribution in [2.75, 3.05) is 25.9 Å². The van der Waals surface area contributed by atoms with Crippen molar-refractivity contribution in [3.8, 4) is 0 Å². The monoisotopic (exact) mass is 668 g/mol. The maximum Gasteiger partial charge on any atom is 0.479 e. The van der Waals surface area contributed by atoms with Gasteiger partial charge < -0.3 is 40.9 Å². The number of aliphatic hydroxyl groups excluding tert-OH is 3. The van der Waals surface area contributed by atoms with Crippen molar-refractivity contribution in [2.45, 2.75) is 110 Å². The maximum absolute atomic E-state index is 12.7. The van der Waals surface area contributed by atoms with Crippen LogP contribution in [0.1, 0.15) is 79.6 Å². The zero-order valence-corrected chi connectivity index (χ0v) is 28.4. The molecule has 13 nitrogen and oxygen atoms in total. The Bertz CT molecular complexity index is 1080. The van der Waals surface area contributed by atoms with E-state index in [1.165, 1.54) is 17.6 Å². The Balaban J connectivity index is 2.59. The molecule has 0 bridgehead atoms. The fraction of sp³-hybridized carbons (Fsp3) is 0.759. The number of aliphatic hydroxyl groups is 3. The average Bonchev–Trinajstić information content (AvgIpc) is 2.90. The van der Waals surface area contributed by atoms with Crippen LogP contribution in [0.4, 0.5) is 0 Å². The Labute approximate surface area is 261 Å². The summed E-state index contributed by atoms with van der Waals surface area (Å²) in [6.45, 7) is 8.98. The molecule has 8 N–H and O–H groups in total. The predicted molar refractivity (Wildman–Crippen MR) is 169 cm³/mol. The molecule has 0 saturated carbocycles. The van der Waals surface area contributed by atoms with E-state index >= 15 is 0 Å². The summed E-state index contributed by atoms with van der Waals surface area (Å²) in [5.41, 5.74) is 9.32. The molecular formula is C29H54N2O11P2. The number of carbonyl (C=O) groups excluding carboxylic acids is 1. The van der Waals surface area contributed by atoms with Gasteiger partial charge in [0.1, 0.15) is 18.3 Å². The van der Waals surface area contributed by atoms with Gasteiger partial charge in [0.15, 0.2) is 0 Å². The van der Waals surface area contributed by atoms with E-state index in [0.29, 0.717) is 18.9 Å². The van der Waals surface area contributed by atoms with Crippen molar-refractivity contribution in [3.63, 3.8) is 0 Å². The highest BCUT2D eigenvalue weighted by Gasteiger charge is 2.48. The summed E-state index contributed by atoms with van der Waals surface area (Å²) in [7, 11) is -9.90. The lowest BCUT2D eigenvalue weighted by Crippen LogP contribution is -2.64. The Kier molecular flexibility index (Phi) is 18.7. The van der Waals surface area contributed by atoms with Gasteiger partial charge in [-0.2, -0.15) is 0 Å². The quantitative estimate of drug-likeness (QED) is 0.0733. The van der Waals surface area contributed by atoms with Crippen LogP contribution in [0.2, 0.25) is 0 Å². The van der Waals surface area contributed by atoms with Crippen LogP contribution in [0.25, 0.3) is 0 Å². The summed E-state index contributed by atoms with van der Waals surface area (Å²) in [5.74, 6) is 0.0637. The van der Waals surface area contributed by atoms with Crippen molar-refractivity contribution in [1.29, 1.82) is 0 Å². The Hall–Kier alpha value is -1.21. The fourth-order valence-corrected chi connectivity index (χ4v) is 7.54. The molecule has 0 aromatic heterocycles. The molecule has 256 valence electrons. The van der Waals surface area contributed by atoms with E-state index in [1.807, 2.05) is 6.92 Å². The standard InChI is InChI=1S/C29H54N2O11P2/c1-20(2)9-6-13-24(17-30)14-8-12-21(3)10-7-11-22(4)15-16-40-44(38,39)42-43(36,37)19-26-27(31-23(5)33)29(35)28(34)25(18-32)41-26/h10,14-15,20,25-29,32,34-35H,6-9,11-13,16-19,30H2,1-5H3,(H,31,33)(H,36,37)(H,38,39)/b21-10-,22-15-,24-14+/t25-,26-,27+,28-,29-/m1/s1. The molecule has 1 aliphatic rings. The molecule has 1 saturated heterocycles. The van der Waals surface area contributed by atoms with Gasteiger partial charge in [-0.3, -0.25) is 13.9 Å². The smallest absolute Gasteiger partial charge is 0.394 e. The second-order valence-corrected chi connectivity index (χ2v) is 15.3. The first kappa shape index (κ1) is 40.8. The third kappa shape index (κ3) is 16.4. The van der Waals surface area contributed by atoms with E-state index in [2.05, 4.69) is 42.6 Å². The van der Waals surface area contributed by atoms with Crippen LogP contribution in [-0.4, -0.2) is 87.4 Å². The number of ether oxygens (including phenoxy) is 1. The van der Waals surface area contributed by atoms with Crippen molar-refractivity contribution in [2.24, 2.45) is 11.7 Å². The van der Waals surface area contributed by atoms with Crippen LogP contribution in [0.3, 0.4) is 0 Å². The number of hydrogen-bond donors (Lipinski definition) is 7. The van der Waals surface area contributed by atoms with Crippen LogP contribution in [0, 0.1) is 5.92 Å². The molecule has 1 aliphatic heterocycles. The normalized spacial score (nSPS) is 26.4. The minimum Gasteiger partial charge on any atom is -0.394 e. The average molecular weight is 669 g/mol. The molecule has 1 fully saturated rings. The zero-order chi connectivity index (χ0) is 33.5. The largest absolute Gasteiger partial charge is 0.479 e. The summed E-state index contributed by atoms with van der Waals surface area (Å²) >= 11 is 0. The molecular weight excluding hydrogens is 614 g/mol. The van der Waals surface area contributed by atoms with Crippen LogP contribution >= 0.6 is 15.4 Å². The molecule has 0 aromatic rings. The van der Waals surface area contributed by atoms with Gasteiger partial charge in [0, 0.05) is 13.5 Å². The summed E-state index contributed by atoms with van der Waals surface area (Å²) in [4.78, 5) is 31.9. The Morgan fingerprint density at radius 2 is 1.59 bits per heavy atom. The van der Waals surface area contributed by atoms with E-state index in [-0.39, 0.29) is 6.61 Å². The highest BCUT2D eigenvalue weighted by Crippen LogP contribution is 2.60. The summed E-state index contributed by atoms with van der Waals surface area (Å²) < 4.78 is 39.9. The molecule has 2 unspecified atom stereocenters. The third-order valence-electron chi connectivity index (χ3n) is 7.25. The van der Waals surface area contributed by atoms with Crippen molar-refractivity contribution in [3.05, 3.63) is 34.9 Å². The molecule has 1 heterocycles. The van der Waals surface area contributed by atoms with Crippen LogP contribution < -0.4 is 11.1 Å². The molecule has 0 spiro atoms. The van der Waals surface area contributed by atoms with E-state index in [9.17, 15) is 39.0 Å². The number of amides is 1. The van der Waals surface area contributed by atoms with E-state index < -0.39 is 64.6 Å². The number of phosphoric acid groups is 1. The third-order valence-corrected chi connectivity index (χ3v) is 10.4. The van der Waals surface area contributed by atoms with Crippen molar-refractivity contribution < 1.29 is 52.6 Å². The summed E-state index contributed by atoms with van der Waals surface area (Å²) in [6.07, 6.45) is 5.73. The topological polar surface area (TPSA) is 218 Å². The number of nitrogens with one attached hydrogen (secondary N) is 1. The molecule has 1 amide bonds. The summed E-state index contributed by atoms with van der Waals surface area (Å²) in [5, 5.41) is 32.1. The first-order valence-electron chi connectivity index (χ1n) is 15.1. The first-order valence-corrected chi connectivity index (χ1v) is 18.3. The van der Waals surface area contributed by atoms with Crippen LogP contribution in [-0.2, 0) is 27.5 Å². The van der Waals surface area contributed by atoms with Gasteiger partial charge in [-0.05, 0) is 58.3 Å². The Morgan fingerprint density at radius 3 is 2.16 bits per heavy atom. The Morgan fingerprint density at radius 1 is 0.977 bits per heavy atom. The van der Waals surface area contributed by atoms with Gasteiger partial charge in [-0.1, -0.05) is 55.2 Å². The predicted octanol–water partition coefficient (Wildman–Crippen LogP) is 3.46. The first-order chi connectivity index (χ1) is 20.5. The van der Waals surface area contributed by atoms with Gasteiger partial charge in [-0.25, -0.2) is 8.88 Å². The fourth-order valence-electron chi connectivity index (χ4n) is 4.76. The second kappa shape index (κ2) is 20.1. The van der Waals surface area contributed by atoms with Crippen LogP contribution in [0.15, 0.2) is 34.9 Å². The van der Waals surface area contributed by atoms with Crippen molar-refractivity contribution >= 4 is 21.3 Å². The number of phosphoric ester groups is 1. The van der Waals surface area contributed by atoms with E-state index in [0.717, 1.165) is 44.6 Å². The molecule has 44 heavy (non-hydrogen) atoms. The lowest BCUT2D eigenvalue weighted by Gasteiger charge is -2.42. The van der Waals surface area contributed by atoms with Gasteiger partial charge in [0.25, 0.3) is 0 Å². The molecule has 1 rings (SSSR count). The second-order valence-electron chi connectivity index (χ2n) is 11.8. The lowest BCUT2D eigenvalue weighted by atomic mass is 9.93. The molecule has 0 aliphatic carbocycles. The number of carbonyl (C=O) groups is 1. The van der Waals surface area contributed by atoms with Gasteiger partial charge in [0.2, 0.25) is 5.91 Å². The number of nitrogens with two attached hydrogens (primary N) is 1. The maximum atomic E-state index is 12.7. The highest BCUT2D eigenvalue weighted by atomic mass is 31.3. The number of rotatable bonds is 20. The zero-order valence-electron chi connectivity index (χ0n) is 26.6. The highest BCUT2D eigenvalue weighted by molar-refractivity contribution is 7.64. The molecule has 0 radical (unpaired) electrons. The van der Waals surface area contributed by atoms with E-state index in [1.54, 1.807) is 6.08 Å². The van der Waals surface area contributed by atoms with E-state index in [4.69, 9.17) is 15.0 Å². The number of allylic oxidation sites excluding steroid dienone is 4. The van der Waals surface area contributed by atoms with Crippen molar-refractivity contribution in [1.82, 2.24) is 5.32 Å². The van der Waals surface area contributed by atoms with Gasteiger partial charge in [-0.15, -0.1) is 0 Å². The molecule has 0 aromatic carbocycles.